The number of nitrogens with one attached hydrogen (secondary N) is 2. The molecule has 1 aliphatic carbocycles. The fourth-order valence-electron chi connectivity index (χ4n) is 3.68. The predicted octanol–water partition coefficient (Wildman–Crippen LogP) is 1.93. The number of hydrogen-bond acceptors (Lipinski definition) is 7. The smallest absolute Gasteiger partial charge is 0.326 e. The van der Waals surface area contributed by atoms with Crippen molar-refractivity contribution in [2.75, 3.05) is 6.54 Å². The third-order valence-electron chi connectivity index (χ3n) is 5.73. The van der Waals surface area contributed by atoms with Crippen LogP contribution in [0.2, 0.25) is 0 Å². The van der Waals surface area contributed by atoms with Crippen LogP contribution in [-0.2, 0) is 14.3 Å². The van der Waals surface area contributed by atoms with Crippen molar-refractivity contribution in [1.29, 1.82) is 0 Å². The van der Waals surface area contributed by atoms with E-state index in [9.17, 15) is 19.2 Å². The molecule has 29 heavy (non-hydrogen) atoms. The van der Waals surface area contributed by atoms with Crippen molar-refractivity contribution in [3.05, 3.63) is 26.6 Å². The first-order valence-electron chi connectivity index (χ1n) is 9.45. The first-order valence-corrected chi connectivity index (χ1v) is 10.3. The lowest BCUT2D eigenvalue weighted by Crippen LogP contribution is -2.46. The Bertz CT molecular complexity index is 1100. The monoisotopic (exact) mass is 418 g/mol. The van der Waals surface area contributed by atoms with E-state index in [0.717, 1.165) is 28.2 Å². The number of carbonyl (C=O) groups excluding carboxylic acids is 3. The molecule has 4 rings (SSSR count). The topological polar surface area (TPSA) is 121 Å². The normalized spacial score (nSPS) is 22.8. The lowest BCUT2D eigenvalue weighted by Gasteiger charge is -2.21. The molecule has 10 heteroatoms. The van der Waals surface area contributed by atoms with Gasteiger partial charge in [0.05, 0.1) is 5.39 Å². The van der Waals surface area contributed by atoms with Crippen LogP contribution in [0.25, 0.3) is 10.2 Å². The van der Waals surface area contributed by atoms with E-state index in [2.05, 4.69) is 15.3 Å². The van der Waals surface area contributed by atoms with Crippen LogP contribution in [0, 0.1) is 19.8 Å². The maximum Gasteiger partial charge on any atom is 0.326 e. The van der Waals surface area contributed by atoms with Gasteiger partial charge in [-0.2, -0.15) is 0 Å². The number of esters is 1. The van der Waals surface area contributed by atoms with Gasteiger partial charge in [-0.25, -0.2) is 9.78 Å². The summed E-state index contributed by atoms with van der Waals surface area (Å²) in [6.07, 6.45) is 0.917. The molecule has 2 fully saturated rings. The summed E-state index contributed by atoms with van der Waals surface area (Å²) in [7, 11) is 0. The summed E-state index contributed by atoms with van der Waals surface area (Å²) in [6, 6.07) is -0.591. The van der Waals surface area contributed by atoms with E-state index in [4.69, 9.17) is 4.74 Å². The van der Waals surface area contributed by atoms with Crippen LogP contribution in [0.1, 0.15) is 49.1 Å². The first-order chi connectivity index (χ1) is 13.6. The molecule has 0 bridgehead atoms. The zero-order chi connectivity index (χ0) is 21.1. The maximum atomic E-state index is 12.6. The fourth-order valence-corrected chi connectivity index (χ4v) is 4.72. The van der Waals surface area contributed by atoms with Gasteiger partial charge in [0, 0.05) is 4.88 Å². The summed E-state index contributed by atoms with van der Waals surface area (Å²) in [5.74, 6) is -0.829. The van der Waals surface area contributed by atoms with Gasteiger partial charge < -0.3 is 15.0 Å². The molecule has 0 spiro atoms. The van der Waals surface area contributed by atoms with Gasteiger partial charge in [0.15, 0.2) is 11.9 Å². The lowest BCUT2D eigenvalue weighted by molar-refractivity contribution is -0.152. The van der Waals surface area contributed by atoms with Gasteiger partial charge in [0.2, 0.25) is 0 Å². The molecule has 9 nitrogen and oxygen atoms in total. The molecule has 0 aromatic carbocycles. The number of aryl methyl sites for hydroxylation is 2. The van der Waals surface area contributed by atoms with Crippen LogP contribution in [0.15, 0.2) is 4.79 Å². The van der Waals surface area contributed by atoms with Crippen molar-refractivity contribution < 1.29 is 19.1 Å². The Morgan fingerprint density at radius 3 is 2.69 bits per heavy atom. The summed E-state index contributed by atoms with van der Waals surface area (Å²) in [6.45, 7) is 6.56. The zero-order valence-electron chi connectivity index (χ0n) is 16.6. The molecule has 2 aliphatic rings. The van der Waals surface area contributed by atoms with Crippen LogP contribution in [0.5, 0.6) is 0 Å². The third-order valence-corrected chi connectivity index (χ3v) is 6.83. The second kappa shape index (κ2) is 6.65. The number of aromatic nitrogens is 2. The van der Waals surface area contributed by atoms with Crippen molar-refractivity contribution in [2.24, 2.45) is 5.92 Å². The van der Waals surface area contributed by atoms with Gasteiger partial charge in [-0.3, -0.25) is 19.3 Å². The molecule has 3 amide bonds. The molecular weight excluding hydrogens is 396 g/mol. The number of aromatic amines is 1. The quantitative estimate of drug-likeness (QED) is 0.565. The van der Waals surface area contributed by atoms with Gasteiger partial charge in [0.25, 0.3) is 11.5 Å². The third kappa shape index (κ3) is 3.21. The van der Waals surface area contributed by atoms with Crippen LogP contribution in [0.4, 0.5) is 4.79 Å². The summed E-state index contributed by atoms with van der Waals surface area (Å²) >= 11 is 1.40. The highest BCUT2D eigenvalue weighted by Gasteiger charge is 2.56. The van der Waals surface area contributed by atoms with Gasteiger partial charge in [-0.05, 0) is 52.0 Å². The predicted molar refractivity (Wildman–Crippen MR) is 106 cm³/mol. The molecule has 1 saturated heterocycles. The summed E-state index contributed by atoms with van der Waals surface area (Å²) in [4.78, 5) is 59.1. The molecule has 3 heterocycles. The number of nitrogens with zero attached hydrogens (tertiary/aromatic N) is 2. The number of ether oxygens (including phenoxy) is 1. The molecule has 2 aromatic heterocycles. The fraction of sp³-hybridized carbons (Fsp3) is 0.526. The molecule has 154 valence electrons. The minimum atomic E-state index is -0.949. The Balaban J connectivity index is 1.47. The Morgan fingerprint density at radius 2 is 2.03 bits per heavy atom. The van der Waals surface area contributed by atoms with Crippen LogP contribution < -0.4 is 10.9 Å². The molecule has 2 aromatic rings. The van der Waals surface area contributed by atoms with Gasteiger partial charge in [-0.1, -0.05) is 0 Å². The number of amides is 3. The minimum absolute atomic E-state index is 0.109. The van der Waals surface area contributed by atoms with E-state index in [0.29, 0.717) is 10.2 Å². The van der Waals surface area contributed by atoms with E-state index < -0.39 is 36.1 Å². The highest BCUT2D eigenvalue weighted by Crippen LogP contribution is 2.42. The highest BCUT2D eigenvalue weighted by molar-refractivity contribution is 7.18. The summed E-state index contributed by atoms with van der Waals surface area (Å²) in [5.41, 5.74) is -0.355. The van der Waals surface area contributed by atoms with Crippen molar-refractivity contribution in [1.82, 2.24) is 20.2 Å². The molecule has 2 atom stereocenters. The Kier molecular flexibility index (Phi) is 4.49. The average molecular weight is 418 g/mol. The number of hydrogen-bond donors (Lipinski definition) is 2. The van der Waals surface area contributed by atoms with Gasteiger partial charge >= 0.3 is 12.0 Å². The summed E-state index contributed by atoms with van der Waals surface area (Å²) in [5, 5.41) is 3.22. The summed E-state index contributed by atoms with van der Waals surface area (Å²) < 4.78 is 5.34. The van der Waals surface area contributed by atoms with Crippen LogP contribution in [0.3, 0.4) is 0 Å². The van der Waals surface area contributed by atoms with Crippen LogP contribution in [-0.4, -0.2) is 44.9 Å². The SMILES string of the molecule is Cc1sc2nc([C@@H](C)OC(=O)CN3C(=O)N[C@](C)(C4CC4)C3=O)[nH]c(=O)c2c1C. The molecule has 0 unspecified atom stereocenters. The molecule has 2 N–H and O–H groups in total. The molecule has 1 saturated carbocycles. The van der Waals surface area contributed by atoms with E-state index >= 15 is 0 Å². The standard InChI is InChI=1S/C19H22N4O5S/c1-8-10(3)29-16-13(8)15(25)20-14(21-16)9(2)28-12(24)7-23-17(26)19(4,11-5-6-11)22-18(23)27/h9,11H,5-7H2,1-4H3,(H,22,27)(H,20,21,25)/t9-,19-/m1/s1. The molecule has 0 radical (unpaired) electrons. The molecular formula is C19H22N4O5S. The maximum absolute atomic E-state index is 12.6. The zero-order valence-corrected chi connectivity index (χ0v) is 17.4. The van der Waals surface area contributed by atoms with E-state index in [1.807, 2.05) is 13.8 Å². The van der Waals surface area contributed by atoms with E-state index in [1.165, 1.54) is 11.3 Å². The second-order valence-electron chi connectivity index (χ2n) is 7.84. The number of fused-ring (bicyclic) bond motifs is 1. The Morgan fingerprint density at radius 1 is 1.34 bits per heavy atom. The number of imide groups is 1. The number of carbonyl (C=O) groups is 3. The van der Waals surface area contributed by atoms with Crippen molar-refractivity contribution >= 4 is 39.5 Å². The minimum Gasteiger partial charge on any atom is -0.453 e. The van der Waals surface area contributed by atoms with Crippen molar-refractivity contribution in [3.8, 4) is 0 Å². The highest BCUT2D eigenvalue weighted by atomic mass is 32.1. The Labute approximate surface area is 170 Å². The second-order valence-corrected chi connectivity index (χ2v) is 9.05. The van der Waals surface area contributed by atoms with Gasteiger partial charge in [-0.15, -0.1) is 11.3 Å². The van der Waals surface area contributed by atoms with Gasteiger partial charge in [0.1, 0.15) is 16.9 Å². The lowest BCUT2D eigenvalue weighted by atomic mass is 9.96. The molecule has 1 aliphatic heterocycles. The van der Waals surface area contributed by atoms with E-state index in [-0.39, 0.29) is 17.3 Å². The van der Waals surface area contributed by atoms with Crippen molar-refractivity contribution in [2.45, 2.75) is 52.2 Å². The Hall–Kier alpha value is -2.75. The number of urea groups is 1. The average Bonchev–Trinajstić information content (AvgIpc) is 3.42. The van der Waals surface area contributed by atoms with E-state index in [1.54, 1.807) is 13.8 Å². The number of H-pyrrole nitrogens is 1. The number of rotatable bonds is 5. The van der Waals surface area contributed by atoms with Crippen molar-refractivity contribution in [3.63, 3.8) is 0 Å². The largest absolute Gasteiger partial charge is 0.453 e. The number of thiophene rings is 1. The van der Waals surface area contributed by atoms with Crippen LogP contribution >= 0.6 is 11.3 Å². The first kappa shape index (κ1) is 19.6.